The van der Waals surface area contributed by atoms with Crippen LogP contribution in [0.5, 0.6) is 0 Å². The minimum Gasteiger partial charge on any atom is -0.292 e. The van der Waals surface area contributed by atoms with Crippen LogP contribution in [-0.4, -0.2) is 29.8 Å². The number of aromatic nitrogens is 6. The Hall–Kier alpha value is -4.26. The standard InChI is InChI=1S/C33H38N6O/c1-7-11-25-21-39(30-26(22(2)3)14-10-15-29(30)33(4,5)6)32(40)38(25)20-23-16-18-24(19-17-23)27-12-8-9-13-28(27)31-34-36-37-35-31/h8-10,12-19,21-22H,7,11,20H2,1-6H3,(H,34,35,36,37). The number of para-hydroxylation sites is 1. The number of aryl methyl sites for hydroxylation is 1. The van der Waals surface area contributed by atoms with Crippen LogP contribution in [0, 0.1) is 0 Å². The number of imidazole rings is 1. The van der Waals surface area contributed by atoms with Gasteiger partial charge in [-0.05, 0) is 56.0 Å². The van der Waals surface area contributed by atoms with Gasteiger partial charge in [-0.1, -0.05) is 115 Å². The quantitative estimate of drug-likeness (QED) is 0.235. The molecule has 5 aromatic rings. The molecule has 0 fully saturated rings. The van der Waals surface area contributed by atoms with E-state index in [0.717, 1.165) is 46.5 Å². The molecule has 3 aromatic carbocycles. The van der Waals surface area contributed by atoms with Gasteiger partial charge in [-0.2, -0.15) is 0 Å². The fraction of sp³-hybridized carbons (Fsp3) is 0.333. The largest absolute Gasteiger partial charge is 0.333 e. The van der Waals surface area contributed by atoms with E-state index in [9.17, 15) is 4.79 Å². The Morgan fingerprint density at radius 1 is 0.925 bits per heavy atom. The Morgan fingerprint density at radius 2 is 1.65 bits per heavy atom. The van der Waals surface area contributed by atoms with Gasteiger partial charge in [0.2, 0.25) is 0 Å². The van der Waals surface area contributed by atoms with Gasteiger partial charge in [-0.25, -0.2) is 9.89 Å². The van der Waals surface area contributed by atoms with Crippen molar-refractivity contribution in [3.63, 3.8) is 0 Å². The van der Waals surface area contributed by atoms with Crippen molar-refractivity contribution >= 4 is 0 Å². The summed E-state index contributed by atoms with van der Waals surface area (Å²) in [4.78, 5) is 14.1. The Bertz CT molecular complexity index is 1650. The number of hydrogen-bond acceptors (Lipinski definition) is 4. The average molecular weight is 535 g/mol. The molecular formula is C33H38N6O. The molecule has 206 valence electrons. The molecule has 0 saturated carbocycles. The van der Waals surface area contributed by atoms with Gasteiger partial charge >= 0.3 is 5.69 Å². The van der Waals surface area contributed by atoms with Crippen LogP contribution in [0.2, 0.25) is 0 Å². The molecule has 0 aliphatic carbocycles. The third-order valence-electron chi connectivity index (χ3n) is 7.44. The maximum absolute atomic E-state index is 14.1. The summed E-state index contributed by atoms with van der Waals surface area (Å²) in [7, 11) is 0. The normalized spacial score (nSPS) is 11.9. The Morgan fingerprint density at radius 3 is 2.27 bits per heavy atom. The molecular weight excluding hydrogens is 496 g/mol. The fourth-order valence-corrected chi connectivity index (χ4v) is 5.40. The van der Waals surface area contributed by atoms with Crippen molar-refractivity contribution in [2.24, 2.45) is 0 Å². The van der Waals surface area contributed by atoms with Gasteiger partial charge in [0.1, 0.15) is 0 Å². The summed E-state index contributed by atoms with van der Waals surface area (Å²) >= 11 is 0. The molecule has 40 heavy (non-hydrogen) atoms. The van der Waals surface area contributed by atoms with E-state index in [1.54, 1.807) is 0 Å². The second-order valence-electron chi connectivity index (χ2n) is 11.7. The first kappa shape index (κ1) is 27.3. The third-order valence-corrected chi connectivity index (χ3v) is 7.44. The molecule has 0 bridgehead atoms. The predicted octanol–water partition coefficient (Wildman–Crippen LogP) is 6.91. The highest BCUT2D eigenvalue weighted by atomic mass is 16.1. The smallest absolute Gasteiger partial charge is 0.292 e. The van der Waals surface area contributed by atoms with E-state index >= 15 is 0 Å². The molecule has 5 rings (SSSR count). The molecule has 0 saturated heterocycles. The van der Waals surface area contributed by atoms with E-state index in [4.69, 9.17) is 0 Å². The minimum atomic E-state index is -0.0966. The summed E-state index contributed by atoms with van der Waals surface area (Å²) in [5, 5.41) is 14.4. The molecule has 0 aliphatic heterocycles. The first-order valence-electron chi connectivity index (χ1n) is 14.1. The Kier molecular flexibility index (Phi) is 7.57. The number of nitrogens with one attached hydrogen (secondary N) is 1. The molecule has 7 nitrogen and oxygen atoms in total. The number of rotatable bonds is 8. The van der Waals surface area contributed by atoms with E-state index in [1.807, 2.05) is 27.3 Å². The van der Waals surface area contributed by atoms with Crippen LogP contribution >= 0.6 is 0 Å². The van der Waals surface area contributed by atoms with Crippen molar-refractivity contribution in [2.75, 3.05) is 0 Å². The lowest BCUT2D eigenvalue weighted by Crippen LogP contribution is -2.27. The molecule has 0 unspecified atom stereocenters. The van der Waals surface area contributed by atoms with E-state index < -0.39 is 0 Å². The lowest BCUT2D eigenvalue weighted by atomic mass is 9.83. The first-order chi connectivity index (χ1) is 19.2. The van der Waals surface area contributed by atoms with Gasteiger partial charge in [0.25, 0.3) is 0 Å². The summed E-state index contributed by atoms with van der Waals surface area (Å²) in [5.74, 6) is 0.929. The van der Waals surface area contributed by atoms with Crippen LogP contribution in [-0.2, 0) is 18.4 Å². The molecule has 0 radical (unpaired) electrons. The highest BCUT2D eigenvalue weighted by molar-refractivity contribution is 5.80. The molecule has 0 atom stereocenters. The number of aromatic amines is 1. The Labute approximate surface area is 235 Å². The zero-order chi connectivity index (χ0) is 28.4. The number of benzene rings is 3. The molecule has 2 heterocycles. The highest BCUT2D eigenvalue weighted by Crippen LogP contribution is 2.34. The van der Waals surface area contributed by atoms with Crippen molar-refractivity contribution in [2.45, 2.75) is 72.3 Å². The fourth-order valence-electron chi connectivity index (χ4n) is 5.40. The summed E-state index contributed by atoms with van der Waals surface area (Å²) in [5.41, 5.74) is 8.50. The summed E-state index contributed by atoms with van der Waals surface area (Å²) < 4.78 is 3.84. The minimum absolute atomic E-state index is 0.00860. The summed E-state index contributed by atoms with van der Waals surface area (Å²) in [6, 6.07) is 22.9. The second-order valence-corrected chi connectivity index (χ2v) is 11.7. The SMILES string of the molecule is CCCc1cn(-c2c(C(C)C)cccc2C(C)(C)C)c(=O)n1Cc1ccc(-c2ccccc2-c2nnn[nH]2)cc1. The van der Waals surface area contributed by atoms with E-state index in [2.05, 4.69) is 117 Å². The monoisotopic (exact) mass is 534 g/mol. The number of nitrogens with zero attached hydrogens (tertiary/aromatic N) is 5. The van der Waals surface area contributed by atoms with Crippen molar-refractivity contribution in [3.05, 3.63) is 106 Å². The van der Waals surface area contributed by atoms with Gasteiger partial charge in [0.15, 0.2) is 5.82 Å². The van der Waals surface area contributed by atoms with Gasteiger partial charge < -0.3 is 0 Å². The molecule has 0 spiro atoms. The number of tetrazole rings is 1. The van der Waals surface area contributed by atoms with Crippen LogP contribution in [0.4, 0.5) is 0 Å². The van der Waals surface area contributed by atoms with Crippen molar-refractivity contribution < 1.29 is 0 Å². The average Bonchev–Trinajstić information content (AvgIpc) is 3.58. The zero-order valence-electron chi connectivity index (χ0n) is 24.3. The number of H-pyrrole nitrogens is 1. The van der Waals surface area contributed by atoms with Crippen LogP contribution < -0.4 is 5.69 Å². The van der Waals surface area contributed by atoms with Gasteiger partial charge in [0.05, 0.1) is 12.2 Å². The van der Waals surface area contributed by atoms with Gasteiger partial charge in [-0.15, -0.1) is 5.10 Å². The molecule has 7 heteroatoms. The van der Waals surface area contributed by atoms with Crippen molar-refractivity contribution in [1.29, 1.82) is 0 Å². The molecule has 0 amide bonds. The van der Waals surface area contributed by atoms with Crippen LogP contribution in [0.25, 0.3) is 28.2 Å². The second kappa shape index (κ2) is 11.1. The molecule has 2 aromatic heterocycles. The lowest BCUT2D eigenvalue weighted by Gasteiger charge is -2.26. The van der Waals surface area contributed by atoms with Crippen LogP contribution in [0.15, 0.2) is 77.7 Å². The van der Waals surface area contributed by atoms with E-state index in [-0.39, 0.29) is 11.1 Å². The van der Waals surface area contributed by atoms with E-state index in [0.29, 0.717) is 18.3 Å². The van der Waals surface area contributed by atoms with E-state index in [1.165, 1.54) is 11.1 Å². The highest BCUT2D eigenvalue weighted by Gasteiger charge is 2.25. The number of hydrogen-bond donors (Lipinski definition) is 1. The molecule has 0 aliphatic rings. The third kappa shape index (κ3) is 5.28. The predicted molar refractivity (Wildman–Crippen MR) is 161 cm³/mol. The maximum Gasteiger partial charge on any atom is 0.333 e. The van der Waals surface area contributed by atoms with Crippen molar-refractivity contribution in [1.82, 2.24) is 29.8 Å². The maximum atomic E-state index is 14.1. The summed E-state index contributed by atoms with van der Waals surface area (Å²) in [6.07, 6.45) is 3.87. The van der Waals surface area contributed by atoms with Gasteiger partial charge in [0, 0.05) is 17.5 Å². The van der Waals surface area contributed by atoms with Crippen LogP contribution in [0.3, 0.4) is 0 Å². The Balaban J connectivity index is 1.55. The van der Waals surface area contributed by atoms with Crippen LogP contribution in [0.1, 0.15) is 76.3 Å². The topological polar surface area (TPSA) is 81.4 Å². The van der Waals surface area contributed by atoms with Crippen molar-refractivity contribution in [3.8, 4) is 28.2 Å². The first-order valence-corrected chi connectivity index (χ1v) is 14.1. The lowest BCUT2D eigenvalue weighted by molar-refractivity contribution is 0.582. The summed E-state index contributed by atoms with van der Waals surface area (Å²) in [6.45, 7) is 13.7. The zero-order valence-corrected chi connectivity index (χ0v) is 24.3. The molecule has 1 N–H and O–H groups in total. The van der Waals surface area contributed by atoms with Gasteiger partial charge in [-0.3, -0.25) is 9.13 Å².